The molecule has 112 valence electrons. The molecule has 3 aromatic rings. The second-order valence-electron chi connectivity index (χ2n) is 5.44. The zero-order chi connectivity index (χ0) is 15.5. The molecule has 0 amide bonds. The van der Waals surface area contributed by atoms with Crippen molar-refractivity contribution in [2.45, 2.75) is 25.6 Å². The standard InChI is InChI=1S/C18H17ClN2S/c1-12(2)13-5-7-14(8-6-13)17-16(10-19)22-18(21-17)15-4-3-9-20-11-15/h3-9,11-12H,10H2,1-2H3. The van der Waals surface area contributed by atoms with Gasteiger partial charge in [0.15, 0.2) is 0 Å². The maximum Gasteiger partial charge on any atom is 0.125 e. The van der Waals surface area contributed by atoms with Crippen molar-refractivity contribution >= 4 is 22.9 Å². The summed E-state index contributed by atoms with van der Waals surface area (Å²) in [7, 11) is 0. The van der Waals surface area contributed by atoms with Crippen LogP contribution in [-0.4, -0.2) is 9.97 Å². The lowest BCUT2D eigenvalue weighted by Crippen LogP contribution is -1.88. The quantitative estimate of drug-likeness (QED) is 0.571. The van der Waals surface area contributed by atoms with Crippen molar-refractivity contribution in [2.75, 3.05) is 0 Å². The first-order chi connectivity index (χ1) is 10.7. The van der Waals surface area contributed by atoms with E-state index in [1.807, 2.05) is 18.3 Å². The van der Waals surface area contributed by atoms with E-state index in [1.165, 1.54) is 5.56 Å². The Morgan fingerprint density at radius 3 is 2.45 bits per heavy atom. The first-order valence-electron chi connectivity index (χ1n) is 7.25. The van der Waals surface area contributed by atoms with E-state index in [4.69, 9.17) is 16.6 Å². The van der Waals surface area contributed by atoms with Crippen LogP contribution in [0.4, 0.5) is 0 Å². The molecule has 0 saturated heterocycles. The second kappa shape index (κ2) is 6.59. The van der Waals surface area contributed by atoms with Gasteiger partial charge in [-0.15, -0.1) is 22.9 Å². The number of halogens is 1. The number of alkyl halides is 1. The highest BCUT2D eigenvalue weighted by molar-refractivity contribution is 7.15. The summed E-state index contributed by atoms with van der Waals surface area (Å²) in [5.74, 6) is 1.00. The van der Waals surface area contributed by atoms with Crippen molar-refractivity contribution < 1.29 is 0 Å². The van der Waals surface area contributed by atoms with E-state index in [1.54, 1.807) is 17.5 Å². The third kappa shape index (κ3) is 3.06. The highest BCUT2D eigenvalue weighted by atomic mass is 35.5. The minimum absolute atomic E-state index is 0.471. The molecule has 0 unspecified atom stereocenters. The van der Waals surface area contributed by atoms with Gasteiger partial charge in [0.25, 0.3) is 0 Å². The summed E-state index contributed by atoms with van der Waals surface area (Å²) in [6.45, 7) is 4.39. The SMILES string of the molecule is CC(C)c1ccc(-c2nc(-c3cccnc3)sc2CCl)cc1. The summed E-state index contributed by atoms with van der Waals surface area (Å²) in [5, 5.41) is 0.965. The zero-order valence-electron chi connectivity index (χ0n) is 12.6. The van der Waals surface area contributed by atoms with Gasteiger partial charge >= 0.3 is 0 Å². The molecule has 0 atom stereocenters. The van der Waals surface area contributed by atoms with E-state index >= 15 is 0 Å². The molecule has 22 heavy (non-hydrogen) atoms. The topological polar surface area (TPSA) is 25.8 Å². The highest BCUT2D eigenvalue weighted by Crippen LogP contribution is 2.35. The number of thiazole rings is 1. The van der Waals surface area contributed by atoms with Gasteiger partial charge in [0, 0.05) is 28.4 Å². The summed E-state index contributed by atoms with van der Waals surface area (Å²) in [4.78, 5) is 10.0. The Kier molecular flexibility index (Phi) is 4.55. The molecule has 0 saturated carbocycles. The van der Waals surface area contributed by atoms with Crippen LogP contribution >= 0.6 is 22.9 Å². The smallest absolute Gasteiger partial charge is 0.125 e. The van der Waals surface area contributed by atoms with E-state index < -0.39 is 0 Å². The third-order valence-electron chi connectivity index (χ3n) is 3.58. The Labute approximate surface area is 139 Å². The molecule has 2 nitrogen and oxygen atoms in total. The Morgan fingerprint density at radius 1 is 1.09 bits per heavy atom. The summed E-state index contributed by atoms with van der Waals surface area (Å²) < 4.78 is 0. The summed E-state index contributed by atoms with van der Waals surface area (Å²) in [6.07, 6.45) is 3.60. The molecule has 2 heterocycles. The van der Waals surface area contributed by atoms with Gasteiger partial charge in [0.05, 0.1) is 11.6 Å². The van der Waals surface area contributed by atoms with Crippen LogP contribution in [0, 0.1) is 0 Å². The van der Waals surface area contributed by atoms with Crippen LogP contribution in [0.1, 0.15) is 30.2 Å². The van der Waals surface area contributed by atoms with E-state index in [0.717, 1.165) is 26.7 Å². The minimum atomic E-state index is 0.471. The van der Waals surface area contributed by atoms with Crippen molar-refractivity contribution in [1.82, 2.24) is 9.97 Å². The number of nitrogens with zero attached hydrogens (tertiary/aromatic N) is 2. The molecule has 0 aliphatic rings. The average molecular weight is 329 g/mol. The van der Waals surface area contributed by atoms with Crippen molar-refractivity contribution in [3.63, 3.8) is 0 Å². The predicted molar refractivity (Wildman–Crippen MR) is 94.4 cm³/mol. The molecule has 0 fully saturated rings. The van der Waals surface area contributed by atoms with Gasteiger partial charge < -0.3 is 0 Å². The van der Waals surface area contributed by atoms with Gasteiger partial charge in [-0.3, -0.25) is 4.98 Å². The van der Waals surface area contributed by atoms with Gasteiger partial charge in [-0.05, 0) is 23.6 Å². The van der Waals surface area contributed by atoms with Crippen molar-refractivity contribution in [2.24, 2.45) is 0 Å². The second-order valence-corrected chi connectivity index (χ2v) is 6.79. The number of aromatic nitrogens is 2. The molecular formula is C18H17ClN2S. The predicted octanol–water partition coefficient (Wildman–Crippen LogP) is 5.73. The molecule has 0 aliphatic carbocycles. The van der Waals surface area contributed by atoms with Gasteiger partial charge in [0.2, 0.25) is 0 Å². The summed E-state index contributed by atoms with van der Waals surface area (Å²) in [5.41, 5.74) is 4.46. The van der Waals surface area contributed by atoms with E-state index in [0.29, 0.717) is 11.8 Å². The monoisotopic (exact) mass is 328 g/mol. The van der Waals surface area contributed by atoms with E-state index in [2.05, 4.69) is 43.1 Å². The van der Waals surface area contributed by atoms with Crippen LogP contribution < -0.4 is 0 Å². The molecule has 0 spiro atoms. The molecular weight excluding hydrogens is 312 g/mol. The lowest BCUT2D eigenvalue weighted by Gasteiger charge is -2.06. The van der Waals surface area contributed by atoms with E-state index in [-0.39, 0.29) is 0 Å². The van der Waals surface area contributed by atoms with Crippen LogP contribution in [0.25, 0.3) is 21.8 Å². The maximum absolute atomic E-state index is 6.12. The Balaban J connectivity index is 2.01. The average Bonchev–Trinajstić information content (AvgIpc) is 3.00. The van der Waals surface area contributed by atoms with Gasteiger partial charge in [0.1, 0.15) is 5.01 Å². The van der Waals surface area contributed by atoms with E-state index in [9.17, 15) is 0 Å². The Morgan fingerprint density at radius 2 is 1.86 bits per heavy atom. The number of pyridine rings is 1. The fourth-order valence-electron chi connectivity index (χ4n) is 2.31. The largest absolute Gasteiger partial charge is 0.264 e. The van der Waals surface area contributed by atoms with Crippen LogP contribution in [0.5, 0.6) is 0 Å². The fraction of sp³-hybridized carbons (Fsp3) is 0.222. The van der Waals surface area contributed by atoms with Crippen molar-refractivity contribution in [1.29, 1.82) is 0 Å². The minimum Gasteiger partial charge on any atom is -0.264 e. The van der Waals surface area contributed by atoms with Gasteiger partial charge in [-0.1, -0.05) is 38.1 Å². The van der Waals surface area contributed by atoms with Gasteiger partial charge in [-0.2, -0.15) is 0 Å². The first-order valence-corrected chi connectivity index (χ1v) is 8.60. The molecule has 0 aliphatic heterocycles. The molecule has 0 bridgehead atoms. The van der Waals surface area contributed by atoms with Crippen LogP contribution in [-0.2, 0) is 5.88 Å². The number of hydrogen-bond donors (Lipinski definition) is 0. The van der Waals surface area contributed by atoms with Crippen LogP contribution in [0.15, 0.2) is 48.8 Å². The lowest BCUT2D eigenvalue weighted by molar-refractivity contribution is 0.867. The summed E-state index contributed by atoms with van der Waals surface area (Å²) >= 11 is 7.75. The first kappa shape index (κ1) is 15.2. The molecule has 0 N–H and O–H groups in total. The van der Waals surface area contributed by atoms with Crippen molar-refractivity contribution in [3.05, 3.63) is 59.2 Å². The molecule has 2 aromatic heterocycles. The number of rotatable bonds is 4. The Bertz CT molecular complexity index is 749. The molecule has 3 rings (SSSR count). The molecule has 0 radical (unpaired) electrons. The summed E-state index contributed by atoms with van der Waals surface area (Å²) in [6, 6.07) is 12.5. The maximum atomic E-state index is 6.12. The van der Waals surface area contributed by atoms with Crippen molar-refractivity contribution in [3.8, 4) is 21.8 Å². The fourth-order valence-corrected chi connectivity index (χ4v) is 3.52. The van der Waals surface area contributed by atoms with Crippen LogP contribution in [0.3, 0.4) is 0 Å². The number of hydrogen-bond acceptors (Lipinski definition) is 3. The highest BCUT2D eigenvalue weighted by Gasteiger charge is 2.14. The molecule has 1 aromatic carbocycles. The Hall–Kier alpha value is -1.71. The zero-order valence-corrected chi connectivity index (χ0v) is 14.2. The molecule has 4 heteroatoms. The number of benzene rings is 1. The van der Waals surface area contributed by atoms with Gasteiger partial charge in [-0.25, -0.2) is 4.98 Å². The van der Waals surface area contributed by atoms with Crippen LogP contribution in [0.2, 0.25) is 0 Å². The normalized spacial score (nSPS) is 11.1. The third-order valence-corrected chi connectivity index (χ3v) is 5.11. The lowest BCUT2D eigenvalue weighted by atomic mass is 10.0.